The van der Waals surface area contributed by atoms with Crippen molar-refractivity contribution in [3.8, 4) is 16.9 Å². The number of hydrogen-bond donors (Lipinski definition) is 1. The summed E-state index contributed by atoms with van der Waals surface area (Å²) in [5.41, 5.74) is -3.84. The minimum atomic E-state index is -5.26. The van der Waals surface area contributed by atoms with Gasteiger partial charge >= 0.3 is 12.4 Å². The fraction of sp³-hybridized carbons (Fsp3) is 0.158. The maximum atomic E-state index is 13.3. The number of aromatic nitrogens is 2. The van der Waals surface area contributed by atoms with E-state index in [1.165, 1.54) is 17.1 Å². The molecule has 0 saturated carbocycles. The summed E-state index contributed by atoms with van der Waals surface area (Å²) >= 11 is 0. The molecule has 0 unspecified atom stereocenters. The fourth-order valence-corrected chi connectivity index (χ4v) is 2.54. The van der Waals surface area contributed by atoms with Gasteiger partial charge in [-0.05, 0) is 23.3 Å². The van der Waals surface area contributed by atoms with E-state index in [2.05, 4.69) is 4.98 Å². The molecule has 2 aromatic carbocycles. The third-order valence-corrected chi connectivity index (χ3v) is 3.85. The Kier molecular flexibility index (Phi) is 5.36. The molecule has 0 spiro atoms. The number of ether oxygens (including phenoxy) is 1. The number of H-pyrrole nitrogens is 1. The first-order chi connectivity index (χ1) is 13.6. The lowest BCUT2D eigenvalue weighted by Crippen LogP contribution is -2.26. The SMILES string of the molecule is O=c1[nH]c(C(F)(F)F)nc(C(F)(F)F)c1-c1ccc(OCc2ccccc2)cc1. The number of hydrogen-bond acceptors (Lipinski definition) is 3. The molecule has 0 aliphatic heterocycles. The van der Waals surface area contributed by atoms with Crippen LogP contribution < -0.4 is 10.3 Å². The first-order valence-corrected chi connectivity index (χ1v) is 8.11. The normalized spacial score (nSPS) is 12.1. The van der Waals surface area contributed by atoms with E-state index >= 15 is 0 Å². The van der Waals surface area contributed by atoms with Crippen LogP contribution in [-0.2, 0) is 19.0 Å². The molecule has 3 rings (SSSR count). The average molecular weight is 414 g/mol. The maximum Gasteiger partial charge on any atom is 0.449 e. The quantitative estimate of drug-likeness (QED) is 0.608. The fourth-order valence-electron chi connectivity index (χ4n) is 2.54. The van der Waals surface area contributed by atoms with Crippen LogP contribution in [0.25, 0.3) is 11.1 Å². The molecule has 0 fully saturated rings. The van der Waals surface area contributed by atoms with Crippen molar-refractivity contribution in [3.05, 3.63) is 82.0 Å². The first kappa shape index (κ1) is 20.4. The Bertz CT molecular complexity index is 1040. The summed E-state index contributed by atoms with van der Waals surface area (Å²) in [7, 11) is 0. The number of nitrogens with zero attached hydrogens (tertiary/aromatic N) is 1. The third kappa shape index (κ3) is 4.76. The van der Waals surface area contributed by atoms with Gasteiger partial charge in [-0.2, -0.15) is 26.3 Å². The second-order valence-corrected chi connectivity index (χ2v) is 5.93. The monoisotopic (exact) mass is 414 g/mol. The Balaban J connectivity index is 1.94. The van der Waals surface area contributed by atoms with Gasteiger partial charge in [-0.1, -0.05) is 42.5 Å². The largest absolute Gasteiger partial charge is 0.489 e. The first-order valence-electron chi connectivity index (χ1n) is 8.11. The van der Waals surface area contributed by atoms with E-state index in [-0.39, 0.29) is 12.2 Å². The zero-order chi connectivity index (χ0) is 21.2. The molecule has 0 bridgehead atoms. The van der Waals surface area contributed by atoms with Crippen molar-refractivity contribution in [2.24, 2.45) is 0 Å². The number of benzene rings is 2. The minimum absolute atomic E-state index is 0.205. The van der Waals surface area contributed by atoms with Crippen molar-refractivity contribution in [2.45, 2.75) is 19.0 Å². The molecule has 0 amide bonds. The molecule has 10 heteroatoms. The highest BCUT2D eigenvalue weighted by Gasteiger charge is 2.42. The van der Waals surface area contributed by atoms with Gasteiger partial charge < -0.3 is 9.72 Å². The summed E-state index contributed by atoms with van der Waals surface area (Å²) < 4.78 is 83.5. The number of nitrogens with one attached hydrogen (secondary N) is 1. The molecule has 4 nitrogen and oxygen atoms in total. The lowest BCUT2D eigenvalue weighted by atomic mass is 10.0. The Labute approximate surface area is 159 Å². The molecule has 0 atom stereocenters. The number of alkyl halides is 6. The van der Waals surface area contributed by atoms with E-state index in [0.717, 1.165) is 17.7 Å². The van der Waals surface area contributed by atoms with Crippen molar-refractivity contribution in [1.82, 2.24) is 9.97 Å². The Morgan fingerprint density at radius 2 is 1.48 bits per heavy atom. The molecule has 1 N–H and O–H groups in total. The van der Waals surface area contributed by atoms with E-state index < -0.39 is 35.0 Å². The zero-order valence-electron chi connectivity index (χ0n) is 14.4. The van der Waals surface area contributed by atoms with Crippen LogP contribution in [0.4, 0.5) is 26.3 Å². The van der Waals surface area contributed by atoms with Gasteiger partial charge in [0.2, 0.25) is 5.82 Å². The predicted molar refractivity (Wildman–Crippen MR) is 91.1 cm³/mol. The highest BCUT2D eigenvalue weighted by Crippen LogP contribution is 2.36. The molecule has 1 heterocycles. The molecule has 0 radical (unpaired) electrons. The van der Waals surface area contributed by atoms with E-state index in [4.69, 9.17) is 4.74 Å². The molecular formula is C19H12F6N2O2. The summed E-state index contributed by atoms with van der Waals surface area (Å²) in [6.45, 7) is 0.205. The standard InChI is InChI=1S/C19H12F6N2O2/c20-18(21,22)15-14(16(28)27-17(26-15)19(23,24)25)12-6-8-13(9-7-12)29-10-11-4-2-1-3-5-11/h1-9H,10H2,(H,26,27,28). The van der Waals surface area contributed by atoms with Gasteiger partial charge in [0.15, 0.2) is 5.69 Å². The smallest absolute Gasteiger partial charge is 0.449 e. The highest BCUT2D eigenvalue weighted by atomic mass is 19.4. The summed E-state index contributed by atoms with van der Waals surface area (Å²) in [4.78, 5) is 16.0. The second kappa shape index (κ2) is 7.61. The molecule has 0 saturated heterocycles. The summed E-state index contributed by atoms with van der Waals surface area (Å²) in [6.07, 6.45) is -10.5. The Morgan fingerprint density at radius 3 is 2.03 bits per heavy atom. The van der Waals surface area contributed by atoms with Crippen LogP contribution in [0.1, 0.15) is 17.1 Å². The van der Waals surface area contributed by atoms with Gasteiger partial charge in [-0.15, -0.1) is 0 Å². The topological polar surface area (TPSA) is 55.0 Å². The van der Waals surface area contributed by atoms with Gasteiger partial charge in [0, 0.05) is 0 Å². The molecule has 0 aliphatic carbocycles. The van der Waals surface area contributed by atoms with Crippen molar-refractivity contribution in [2.75, 3.05) is 0 Å². The molecule has 0 aliphatic rings. The van der Waals surface area contributed by atoms with Crippen molar-refractivity contribution >= 4 is 0 Å². The van der Waals surface area contributed by atoms with Gasteiger partial charge in [-0.3, -0.25) is 4.79 Å². The van der Waals surface area contributed by atoms with Crippen LogP contribution in [-0.4, -0.2) is 9.97 Å². The molecule has 152 valence electrons. The average Bonchev–Trinajstić information content (AvgIpc) is 2.66. The van der Waals surface area contributed by atoms with Crippen molar-refractivity contribution < 1.29 is 31.1 Å². The number of aromatic amines is 1. The lowest BCUT2D eigenvalue weighted by Gasteiger charge is -2.14. The maximum absolute atomic E-state index is 13.3. The van der Waals surface area contributed by atoms with Gasteiger partial charge in [-0.25, -0.2) is 4.98 Å². The third-order valence-electron chi connectivity index (χ3n) is 3.85. The van der Waals surface area contributed by atoms with Crippen LogP contribution in [0.3, 0.4) is 0 Å². The molecule has 29 heavy (non-hydrogen) atoms. The molecular weight excluding hydrogens is 402 g/mol. The van der Waals surface area contributed by atoms with Crippen molar-refractivity contribution in [1.29, 1.82) is 0 Å². The van der Waals surface area contributed by atoms with Gasteiger partial charge in [0.05, 0.1) is 5.56 Å². The number of rotatable bonds is 4. The molecule has 3 aromatic rings. The number of halogens is 6. The van der Waals surface area contributed by atoms with Gasteiger partial charge in [0.25, 0.3) is 5.56 Å². The van der Waals surface area contributed by atoms with E-state index in [1.54, 1.807) is 0 Å². The second-order valence-electron chi connectivity index (χ2n) is 5.93. The zero-order valence-corrected chi connectivity index (χ0v) is 14.4. The van der Waals surface area contributed by atoms with E-state index in [1.807, 2.05) is 30.3 Å². The Hall–Kier alpha value is -3.30. The summed E-state index contributed by atoms with van der Waals surface area (Å²) in [5, 5.41) is 0. The Morgan fingerprint density at radius 1 is 0.862 bits per heavy atom. The van der Waals surface area contributed by atoms with Crippen LogP contribution in [0.15, 0.2) is 59.4 Å². The van der Waals surface area contributed by atoms with E-state index in [9.17, 15) is 31.1 Å². The van der Waals surface area contributed by atoms with Crippen LogP contribution in [0.5, 0.6) is 5.75 Å². The van der Waals surface area contributed by atoms with Crippen molar-refractivity contribution in [3.63, 3.8) is 0 Å². The van der Waals surface area contributed by atoms with E-state index in [0.29, 0.717) is 5.75 Å². The molecule has 1 aromatic heterocycles. The minimum Gasteiger partial charge on any atom is -0.489 e. The highest BCUT2D eigenvalue weighted by molar-refractivity contribution is 5.66. The predicted octanol–water partition coefficient (Wildman–Crippen LogP) is 5.05. The van der Waals surface area contributed by atoms with Crippen LogP contribution in [0.2, 0.25) is 0 Å². The lowest BCUT2D eigenvalue weighted by molar-refractivity contribution is -0.152. The van der Waals surface area contributed by atoms with Gasteiger partial charge in [0.1, 0.15) is 12.4 Å². The van der Waals surface area contributed by atoms with Crippen LogP contribution in [0, 0.1) is 0 Å². The summed E-state index contributed by atoms with van der Waals surface area (Å²) in [5.74, 6) is -1.70. The van der Waals surface area contributed by atoms with Crippen LogP contribution >= 0.6 is 0 Å². The summed E-state index contributed by atoms with van der Waals surface area (Å²) in [6, 6.07) is 14.0.